The van der Waals surface area contributed by atoms with E-state index in [2.05, 4.69) is 36.4 Å². The average Bonchev–Trinajstić information content (AvgIpc) is 3.21. The maximum atomic E-state index is 13.7. The molecular formula is C27H31N3O4S. The second-order valence-corrected chi connectivity index (χ2v) is 10.8. The number of methoxy groups -OCH3 is 2. The summed E-state index contributed by atoms with van der Waals surface area (Å²) in [7, 11) is 3.12. The van der Waals surface area contributed by atoms with Crippen molar-refractivity contribution >= 4 is 33.8 Å². The third-order valence-corrected chi connectivity index (χ3v) is 7.71. The van der Waals surface area contributed by atoms with Crippen LogP contribution in [0.3, 0.4) is 0 Å². The summed E-state index contributed by atoms with van der Waals surface area (Å²) in [5.74, 6) is 1.08. The van der Waals surface area contributed by atoms with Crippen molar-refractivity contribution in [3.63, 3.8) is 0 Å². The number of ether oxygens (including phenoxy) is 2. The molecule has 0 radical (unpaired) electrons. The number of carbonyl (C=O) groups excluding carboxylic acids is 2. The second kappa shape index (κ2) is 10.1. The highest BCUT2D eigenvalue weighted by atomic mass is 32.1. The maximum absolute atomic E-state index is 13.7. The van der Waals surface area contributed by atoms with Gasteiger partial charge in [-0.15, -0.1) is 11.3 Å². The Morgan fingerprint density at radius 2 is 1.77 bits per heavy atom. The van der Waals surface area contributed by atoms with Crippen LogP contribution in [-0.2, 0) is 12.8 Å². The van der Waals surface area contributed by atoms with Gasteiger partial charge >= 0.3 is 0 Å². The number of aromatic nitrogens is 1. The van der Waals surface area contributed by atoms with E-state index in [4.69, 9.17) is 9.47 Å². The maximum Gasteiger partial charge on any atom is 0.259 e. The summed E-state index contributed by atoms with van der Waals surface area (Å²) >= 11 is 1.50. The van der Waals surface area contributed by atoms with Crippen LogP contribution in [0.25, 0.3) is 0 Å². The molecule has 2 aromatic heterocycles. The third-order valence-electron chi connectivity index (χ3n) is 6.54. The Kier molecular flexibility index (Phi) is 7.12. The number of anilines is 2. The zero-order valence-electron chi connectivity index (χ0n) is 20.7. The molecule has 4 rings (SSSR count). The topological polar surface area (TPSA) is 89.5 Å². The standard InChI is InChI=1S/C27H31N3O4S/c1-27(2,3)17-6-8-19-22(14-17)35-26(30-24(31)16-10-12-28-13-11-16)23(19)25(32)29-20-15-18(33-4)7-9-21(20)34-5/h7,9-13,15,17H,6,8,14H2,1-5H3,(H,29,32)(H,30,31)/t17-/m1/s1. The summed E-state index contributed by atoms with van der Waals surface area (Å²) in [5, 5.41) is 6.54. The van der Waals surface area contributed by atoms with E-state index in [1.165, 1.54) is 11.3 Å². The Hall–Kier alpha value is -3.39. The number of hydrogen-bond donors (Lipinski definition) is 2. The summed E-state index contributed by atoms with van der Waals surface area (Å²) in [4.78, 5) is 31.8. The summed E-state index contributed by atoms with van der Waals surface area (Å²) < 4.78 is 10.8. The van der Waals surface area contributed by atoms with E-state index in [1.54, 1.807) is 56.9 Å². The van der Waals surface area contributed by atoms with Gasteiger partial charge < -0.3 is 20.1 Å². The first-order chi connectivity index (χ1) is 16.7. The van der Waals surface area contributed by atoms with Gasteiger partial charge in [-0.3, -0.25) is 14.6 Å². The van der Waals surface area contributed by atoms with Crippen molar-refractivity contribution in [2.45, 2.75) is 40.0 Å². The molecule has 0 saturated heterocycles. The minimum atomic E-state index is -0.284. The Morgan fingerprint density at radius 1 is 1.03 bits per heavy atom. The van der Waals surface area contributed by atoms with Crippen molar-refractivity contribution in [2.24, 2.45) is 11.3 Å². The molecular weight excluding hydrogens is 462 g/mol. The van der Waals surface area contributed by atoms with Gasteiger partial charge in [-0.25, -0.2) is 0 Å². The monoisotopic (exact) mass is 493 g/mol. The van der Waals surface area contributed by atoms with Crippen LogP contribution in [-0.4, -0.2) is 31.0 Å². The first-order valence-corrected chi connectivity index (χ1v) is 12.4. The van der Waals surface area contributed by atoms with Crippen LogP contribution in [0.15, 0.2) is 42.7 Å². The second-order valence-electron chi connectivity index (χ2n) is 9.72. The molecule has 0 spiro atoms. The Morgan fingerprint density at radius 3 is 2.43 bits per heavy atom. The number of nitrogens with one attached hydrogen (secondary N) is 2. The lowest BCUT2D eigenvalue weighted by molar-refractivity contribution is 0.102. The summed E-state index contributed by atoms with van der Waals surface area (Å²) in [6.07, 6.45) is 5.82. The van der Waals surface area contributed by atoms with Gasteiger partial charge in [0, 0.05) is 28.9 Å². The Balaban J connectivity index is 1.71. The van der Waals surface area contributed by atoms with Crippen LogP contribution < -0.4 is 20.1 Å². The van der Waals surface area contributed by atoms with Gasteiger partial charge in [-0.2, -0.15) is 0 Å². The van der Waals surface area contributed by atoms with Gasteiger partial charge in [0.05, 0.1) is 25.5 Å². The van der Waals surface area contributed by atoms with Gasteiger partial charge in [-0.05, 0) is 60.4 Å². The van der Waals surface area contributed by atoms with Crippen LogP contribution in [0, 0.1) is 11.3 Å². The van der Waals surface area contributed by atoms with Gasteiger partial charge in [0.25, 0.3) is 11.8 Å². The molecule has 3 aromatic rings. The van der Waals surface area contributed by atoms with E-state index in [0.717, 1.165) is 29.7 Å². The normalized spacial score (nSPS) is 15.2. The van der Waals surface area contributed by atoms with Gasteiger partial charge in [-0.1, -0.05) is 20.8 Å². The Labute approximate surface area is 209 Å². The molecule has 2 heterocycles. The highest BCUT2D eigenvalue weighted by Gasteiger charge is 2.34. The molecule has 0 fully saturated rings. The molecule has 1 aliphatic carbocycles. The van der Waals surface area contributed by atoms with Crippen molar-refractivity contribution in [3.05, 3.63) is 64.3 Å². The number of amides is 2. The van der Waals surface area contributed by atoms with Crippen LogP contribution in [0.1, 0.15) is 58.3 Å². The SMILES string of the molecule is COc1ccc(OC)c(NC(=O)c2c(NC(=O)c3ccncc3)sc3c2CC[C@@H](C(C)(C)C)C3)c1. The molecule has 8 heteroatoms. The van der Waals surface area contributed by atoms with Crippen LogP contribution >= 0.6 is 11.3 Å². The minimum Gasteiger partial charge on any atom is -0.497 e. The molecule has 0 aliphatic heterocycles. The molecule has 2 N–H and O–H groups in total. The van der Waals surface area contributed by atoms with Crippen molar-refractivity contribution in [1.29, 1.82) is 0 Å². The molecule has 1 aliphatic rings. The number of hydrogen-bond acceptors (Lipinski definition) is 6. The number of thiophene rings is 1. The van der Waals surface area contributed by atoms with E-state index in [1.807, 2.05) is 0 Å². The summed E-state index contributed by atoms with van der Waals surface area (Å²) in [6.45, 7) is 6.77. The van der Waals surface area contributed by atoms with E-state index < -0.39 is 0 Å². The molecule has 7 nitrogen and oxygen atoms in total. The predicted octanol–water partition coefficient (Wildman–Crippen LogP) is 5.82. The van der Waals surface area contributed by atoms with E-state index in [9.17, 15) is 9.59 Å². The fraction of sp³-hybridized carbons (Fsp3) is 0.370. The first kappa shape index (κ1) is 24.7. The molecule has 35 heavy (non-hydrogen) atoms. The lowest BCUT2D eigenvalue weighted by atomic mass is 9.72. The first-order valence-electron chi connectivity index (χ1n) is 11.6. The van der Waals surface area contributed by atoms with Crippen molar-refractivity contribution in [1.82, 2.24) is 4.98 Å². The van der Waals surface area contributed by atoms with Gasteiger partial charge in [0.15, 0.2) is 0 Å². The number of carbonyl (C=O) groups is 2. The molecule has 1 atom stereocenters. The molecule has 2 amide bonds. The highest BCUT2D eigenvalue weighted by molar-refractivity contribution is 7.17. The average molecular weight is 494 g/mol. The fourth-order valence-corrected chi connectivity index (χ4v) is 5.75. The van der Waals surface area contributed by atoms with Crippen LogP contribution in [0.5, 0.6) is 11.5 Å². The zero-order valence-corrected chi connectivity index (χ0v) is 21.5. The molecule has 0 unspecified atom stereocenters. The minimum absolute atomic E-state index is 0.165. The number of benzene rings is 1. The smallest absolute Gasteiger partial charge is 0.259 e. The molecule has 0 bridgehead atoms. The van der Waals surface area contributed by atoms with Gasteiger partial charge in [0.1, 0.15) is 16.5 Å². The van der Waals surface area contributed by atoms with E-state index >= 15 is 0 Å². The lowest BCUT2D eigenvalue weighted by Gasteiger charge is -2.33. The van der Waals surface area contributed by atoms with E-state index in [0.29, 0.717) is 39.2 Å². The summed E-state index contributed by atoms with van der Waals surface area (Å²) in [5.41, 5.74) is 2.69. The van der Waals surface area contributed by atoms with Crippen molar-refractivity contribution in [2.75, 3.05) is 24.9 Å². The molecule has 1 aromatic carbocycles. The number of rotatable bonds is 6. The zero-order chi connectivity index (χ0) is 25.2. The number of pyridine rings is 1. The Bertz CT molecular complexity index is 1230. The van der Waals surface area contributed by atoms with Crippen LogP contribution in [0.4, 0.5) is 10.7 Å². The highest BCUT2D eigenvalue weighted by Crippen LogP contribution is 2.45. The lowest BCUT2D eigenvalue weighted by Crippen LogP contribution is -2.27. The fourth-order valence-electron chi connectivity index (χ4n) is 4.43. The third kappa shape index (κ3) is 5.32. The predicted molar refractivity (Wildman–Crippen MR) is 139 cm³/mol. The van der Waals surface area contributed by atoms with Crippen molar-refractivity contribution in [3.8, 4) is 11.5 Å². The molecule has 0 saturated carbocycles. The number of fused-ring (bicyclic) bond motifs is 1. The van der Waals surface area contributed by atoms with Crippen LogP contribution in [0.2, 0.25) is 0 Å². The largest absolute Gasteiger partial charge is 0.497 e. The summed E-state index contributed by atoms with van der Waals surface area (Å²) in [6, 6.07) is 8.55. The number of nitrogens with zero attached hydrogens (tertiary/aromatic N) is 1. The molecule has 184 valence electrons. The van der Waals surface area contributed by atoms with E-state index in [-0.39, 0.29) is 17.2 Å². The van der Waals surface area contributed by atoms with Crippen molar-refractivity contribution < 1.29 is 19.1 Å². The quantitative estimate of drug-likeness (QED) is 0.452. The van der Waals surface area contributed by atoms with Gasteiger partial charge in [0.2, 0.25) is 0 Å².